The minimum Gasteiger partial charge on any atom is -0.356 e. The lowest BCUT2D eigenvalue weighted by Gasteiger charge is -2.35. The minimum absolute atomic E-state index is 0.600. The van der Waals surface area contributed by atoms with Crippen molar-refractivity contribution in [3.8, 4) is 0 Å². The van der Waals surface area contributed by atoms with E-state index in [-0.39, 0.29) is 0 Å². The van der Waals surface area contributed by atoms with Crippen LogP contribution in [0.5, 0.6) is 0 Å². The number of hydrogen-bond donors (Lipinski definition) is 2. The first-order valence-corrected chi connectivity index (χ1v) is 9.50. The highest BCUT2D eigenvalue weighted by atomic mass is 15.3. The van der Waals surface area contributed by atoms with Crippen LogP contribution in [0.25, 0.3) is 0 Å². The molecule has 6 nitrogen and oxygen atoms in total. The highest BCUT2D eigenvalue weighted by Gasteiger charge is 2.17. The zero-order valence-electron chi connectivity index (χ0n) is 16.0. The molecule has 1 aromatic heterocycles. The van der Waals surface area contributed by atoms with Crippen molar-refractivity contribution < 1.29 is 0 Å². The number of pyridine rings is 1. The molecule has 140 valence electrons. The lowest BCUT2D eigenvalue weighted by atomic mass is 10.1. The second kappa shape index (κ2) is 11.1. The highest BCUT2D eigenvalue weighted by Crippen LogP contribution is 2.05. The number of piperazine rings is 1. The molecule has 1 atom stereocenters. The van der Waals surface area contributed by atoms with E-state index >= 15 is 0 Å². The van der Waals surface area contributed by atoms with Crippen LogP contribution in [-0.4, -0.2) is 80.1 Å². The van der Waals surface area contributed by atoms with Gasteiger partial charge in [0.05, 0.1) is 0 Å². The number of nitrogens with zero attached hydrogens (tertiary/aromatic N) is 4. The summed E-state index contributed by atoms with van der Waals surface area (Å²) in [5.74, 6) is 1.47. The maximum Gasteiger partial charge on any atom is 0.190 e. The van der Waals surface area contributed by atoms with Gasteiger partial charge < -0.3 is 20.4 Å². The van der Waals surface area contributed by atoms with E-state index in [4.69, 9.17) is 0 Å². The van der Waals surface area contributed by atoms with Crippen LogP contribution in [-0.2, 0) is 6.42 Å². The van der Waals surface area contributed by atoms with Gasteiger partial charge in [0.15, 0.2) is 5.96 Å². The summed E-state index contributed by atoms with van der Waals surface area (Å²) < 4.78 is 0. The molecule has 0 spiro atoms. The summed E-state index contributed by atoms with van der Waals surface area (Å²) in [5, 5.41) is 6.82. The molecule has 6 heteroatoms. The van der Waals surface area contributed by atoms with Crippen molar-refractivity contribution in [3.05, 3.63) is 30.1 Å². The van der Waals surface area contributed by atoms with Gasteiger partial charge in [0, 0.05) is 71.2 Å². The standard InChI is InChI=1S/C19H34N6/c1-4-24-11-13-25(14-12-24)16-17(2)15-23-19(20-3)22-10-8-18-7-5-6-9-21-18/h5-7,9,17H,4,8,10-16H2,1-3H3,(H2,20,22,23). The number of aliphatic imine (C=N–C) groups is 1. The van der Waals surface area contributed by atoms with Crippen LogP contribution in [0.1, 0.15) is 19.5 Å². The van der Waals surface area contributed by atoms with E-state index in [0.29, 0.717) is 5.92 Å². The lowest BCUT2D eigenvalue weighted by Crippen LogP contribution is -2.48. The predicted molar refractivity (Wildman–Crippen MR) is 105 cm³/mol. The normalized spacial score (nSPS) is 18.1. The van der Waals surface area contributed by atoms with Crippen molar-refractivity contribution in [2.45, 2.75) is 20.3 Å². The summed E-state index contributed by atoms with van der Waals surface area (Å²) in [6.07, 6.45) is 2.74. The van der Waals surface area contributed by atoms with E-state index < -0.39 is 0 Å². The molecule has 0 saturated carbocycles. The molecular formula is C19H34N6. The number of guanidine groups is 1. The topological polar surface area (TPSA) is 55.8 Å². The van der Waals surface area contributed by atoms with Crippen LogP contribution in [0.2, 0.25) is 0 Å². The fourth-order valence-electron chi connectivity index (χ4n) is 3.14. The Morgan fingerprint density at radius 2 is 1.96 bits per heavy atom. The quantitative estimate of drug-likeness (QED) is 0.545. The first-order chi connectivity index (χ1) is 12.2. The van der Waals surface area contributed by atoms with Gasteiger partial charge in [-0.2, -0.15) is 0 Å². The summed E-state index contributed by atoms with van der Waals surface area (Å²) >= 11 is 0. The van der Waals surface area contributed by atoms with E-state index in [2.05, 4.69) is 50.3 Å². The van der Waals surface area contributed by atoms with Gasteiger partial charge in [0.2, 0.25) is 0 Å². The molecular weight excluding hydrogens is 312 g/mol. The third kappa shape index (κ3) is 7.40. The Bertz CT molecular complexity index is 496. The zero-order chi connectivity index (χ0) is 17.9. The van der Waals surface area contributed by atoms with E-state index in [0.717, 1.165) is 37.7 Å². The summed E-state index contributed by atoms with van der Waals surface area (Å²) in [5.41, 5.74) is 1.10. The monoisotopic (exact) mass is 346 g/mol. The van der Waals surface area contributed by atoms with Crippen molar-refractivity contribution in [1.29, 1.82) is 0 Å². The molecule has 0 aromatic carbocycles. The second-order valence-corrected chi connectivity index (χ2v) is 6.79. The minimum atomic E-state index is 0.600. The summed E-state index contributed by atoms with van der Waals surface area (Å²) in [4.78, 5) is 13.8. The number of rotatable bonds is 8. The Hall–Kier alpha value is -1.66. The average molecular weight is 347 g/mol. The van der Waals surface area contributed by atoms with E-state index in [1.165, 1.54) is 32.7 Å². The number of aromatic nitrogens is 1. The maximum atomic E-state index is 4.34. The summed E-state index contributed by atoms with van der Waals surface area (Å²) in [6, 6.07) is 6.02. The molecule has 0 bridgehead atoms. The molecule has 0 radical (unpaired) electrons. The Kier molecular flexibility index (Phi) is 8.69. The third-order valence-electron chi connectivity index (χ3n) is 4.72. The average Bonchev–Trinajstić information content (AvgIpc) is 2.66. The van der Waals surface area contributed by atoms with E-state index in [1.54, 1.807) is 0 Å². The van der Waals surface area contributed by atoms with Gasteiger partial charge in [-0.1, -0.05) is 19.9 Å². The smallest absolute Gasteiger partial charge is 0.190 e. The molecule has 1 unspecified atom stereocenters. The molecule has 25 heavy (non-hydrogen) atoms. The Morgan fingerprint density at radius 1 is 1.20 bits per heavy atom. The Labute approximate surface area is 152 Å². The molecule has 2 N–H and O–H groups in total. The van der Waals surface area contributed by atoms with Gasteiger partial charge in [-0.3, -0.25) is 9.98 Å². The predicted octanol–water partition coefficient (Wildman–Crippen LogP) is 1.06. The molecule has 1 aliphatic rings. The van der Waals surface area contributed by atoms with Gasteiger partial charge in [-0.25, -0.2) is 0 Å². The van der Waals surface area contributed by atoms with Crippen molar-refractivity contribution >= 4 is 5.96 Å². The van der Waals surface area contributed by atoms with Gasteiger partial charge >= 0.3 is 0 Å². The van der Waals surface area contributed by atoms with Crippen LogP contribution in [0, 0.1) is 5.92 Å². The van der Waals surface area contributed by atoms with Crippen molar-refractivity contribution in [2.75, 3.05) is 59.4 Å². The zero-order valence-corrected chi connectivity index (χ0v) is 16.0. The summed E-state index contributed by atoms with van der Waals surface area (Å²) in [6.45, 7) is 13.4. The molecule has 1 fully saturated rings. The molecule has 0 amide bonds. The van der Waals surface area contributed by atoms with Gasteiger partial charge in [0.25, 0.3) is 0 Å². The second-order valence-electron chi connectivity index (χ2n) is 6.79. The SMILES string of the molecule is CCN1CCN(CC(C)CNC(=NC)NCCc2ccccn2)CC1. The van der Waals surface area contributed by atoms with Crippen LogP contribution in [0.3, 0.4) is 0 Å². The summed E-state index contributed by atoms with van der Waals surface area (Å²) in [7, 11) is 1.82. The highest BCUT2D eigenvalue weighted by molar-refractivity contribution is 5.79. The number of nitrogens with one attached hydrogen (secondary N) is 2. The fraction of sp³-hybridized carbons (Fsp3) is 0.684. The van der Waals surface area contributed by atoms with E-state index in [9.17, 15) is 0 Å². The molecule has 2 rings (SSSR count). The number of hydrogen-bond acceptors (Lipinski definition) is 4. The van der Waals surface area contributed by atoms with Crippen molar-refractivity contribution in [1.82, 2.24) is 25.4 Å². The van der Waals surface area contributed by atoms with Crippen LogP contribution >= 0.6 is 0 Å². The molecule has 0 aliphatic carbocycles. The van der Waals surface area contributed by atoms with Gasteiger partial charge in [-0.15, -0.1) is 0 Å². The molecule has 1 aromatic rings. The molecule has 1 aliphatic heterocycles. The van der Waals surface area contributed by atoms with Gasteiger partial charge in [0.1, 0.15) is 0 Å². The Morgan fingerprint density at radius 3 is 2.60 bits per heavy atom. The van der Waals surface area contributed by atoms with Gasteiger partial charge in [-0.05, 0) is 24.6 Å². The number of likely N-dealkylation sites (N-methyl/N-ethyl adjacent to an activating group) is 1. The maximum absolute atomic E-state index is 4.34. The molecule has 1 saturated heterocycles. The van der Waals surface area contributed by atoms with Crippen molar-refractivity contribution in [3.63, 3.8) is 0 Å². The first-order valence-electron chi connectivity index (χ1n) is 9.50. The molecule has 2 heterocycles. The first kappa shape index (κ1) is 19.7. The third-order valence-corrected chi connectivity index (χ3v) is 4.72. The Balaban J connectivity index is 1.61. The van der Waals surface area contributed by atoms with Crippen molar-refractivity contribution in [2.24, 2.45) is 10.9 Å². The fourth-order valence-corrected chi connectivity index (χ4v) is 3.14. The van der Waals surface area contributed by atoms with E-state index in [1.807, 2.05) is 25.4 Å². The lowest BCUT2D eigenvalue weighted by molar-refractivity contribution is 0.124. The van der Waals surface area contributed by atoms with Crippen LogP contribution in [0.4, 0.5) is 0 Å². The largest absolute Gasteiger partial charge is 0.356 e. The van der Waals surface area contributed by atoms with Crippen LogP contribution in [0.15, 0.2) is 29.4 Å². The van der Waals surface area contributed by atoms with Crippen LogP contribution < -0.4 is 10.6 Å².